The molecule has 0 saturated heterocycles. The average molecular weight is 273 g/mol. The van der Waals surface area contributed by atoms with Gasteiger partial charge in [-0.05, 0) is 37.3 Å². The fourth-order valence-corrected chi connectivity index (χ4v) is 1.65. The minimum absolute atomic E-state index is 0.145. The Morgan fingerprint density at radius 3 is 2.65 bits per heavy atom. The van der Waals surface area contributed by atoms with Crippen LogP contribution in [0.25, 0.3) is 0 Å². The molecule has 1 aromatic heterocycles. The number of carbonyl (C=O) groups is 2. The van der Waals surface area contributed by atoms with Crippen LogP contribution in [0.5, 0.6) is 0 Å². The van der Waals surface area contributed by atoms with Crippen molar-refractivity contribution in [3.05, 3.63) is 48.3 Å². The maximum absolute atomic E-state index is 11.7. The van der Waals surface area contributed by atoms with Crippen LogP contribution in [-0.2, 0) is 16.1 Å². The summed E-state index contributed by atoms with van der Waals surface area (Å²) in [6.45, 7) is 2.23. The van der Waals surface area contributed by atoms with Gasteiger partial charge in [0, 0.05) is 18.1 Å². The first kappa shape index (κ1) is 13.8. The zero-order chi connectivity index (χ0) is 14.4. The van der Waals surface area contributed by atoms with Gasteiger partial charge < -0.3 is 10.1 Å². The number of benzene rings is 1. The minimum Gasteiger partial charge on any atom is -0.462 e. The fraction of sp³-hybridized carbons (Fsp3) is 0.214. The second-order valence-corrected chi connectivity index (χ2v) is 4.05. The normalized spacial score (nSPS) is 10.1. The molecule has 0 aliphatic rings. The quantitative estimate of drug-likeness (QED) is 0.841. The lowest BCUT2D eigenvalue weighted by atomic mass is 10.2. The van der Waals surface area contributed by atoms with Crippen LogP contribution < -0.4 is 5.32 Å². The van der Waals surface area contributed by atoms with Crippen molar-refractivity contribution in [1.82, 2.24) is 9.78 Å². The molecule has 0 unspecified atom stereocenters. The zero-order valence-corrected chi connectivity index (χ0v) is 11.1. The predicted molar refractivity (Wildman–Crippen MR) is 73.3 cm³/mol. The van der Waals surface area contributed by atoms with Crippen molar-refractivity contribution in [2.24, 2.45) is 0 Å². The molecule has 0 fully saturated rings. The van der Waals surface area contributed by atoms with Crippen LogP contribution in [0, 0.1) is 0 Å². The standard InChI is InChI=1S/C14H15N3O3/c1-2-20-14(19)11-4-6-12(7-5-11)16-13(18)10-17-9-3-8-15-17/h3-9H,2,10H2,1H3,(H,16,18). The summed E-state index contributed by atoms with van der Waals surface area (Å²) in [6, 6.07) is 8.30. The van der Waals surface area contributed by atoms with Crippen molar-refractivity contribution in [3.8, 4) is 0 Å². The third kappa shape index (κ3) is 3.68. The van der Waals surface area contributed by atoms with Crippen molar-refractivity contribution in [2.75, 3.05) is 11.9 Å². The third-order valence-corrected chi connectivity index (χ3v) is 2.54. The number of ether oxygens (including phenoxy) is 1. The highest BCUT2D eigenvalue weighted by Crippen LogP contribution is 2.10. The number of anilines is 1. The molecular weight excluding hydrogens is 258 g/mol. The molecule has 2 aromatic rings. The molecule has 104 valence electrons. The van der Waals surface area contributed by atoms with E-state index in [4.69, 9.17) is 4.74 Å². The molecule has 1 heterocycles. The van der Waals surface area contributed by atoms with E-state index < -0.39 is 0 Å². The Morgan fingerprint density at radius 1 is 1.30 bits per heavy atom. The van der Waals surface area contributed by atoms with Gasteiger partial charge in [-0.1, -0.05) is 0 Å². The number of aromatic nitrogens is 2. The van der Waals surface area contributed by atoms with Crippen LogP contribution in [0.4, 0.5) is 5.69 Å². The summed E-state index contributed by atoms with van der Waals surface area (Å²) in [5.74, 6) is -0.556. The summed E-state index contributed by atoms with van der Waals surface area (Å²) in [7, 11) is 0. The molecule has 0 aliphatic carbocycles. The molecule has 6 nitrogen and oxygen atoms in total. The topological polar surface area (TPSA) is 73.2 Å². The number of rotatable bonds is 5. The molecule has 0 spiro atoms. The molecule has 2 rings (SSSR count). The van der Waals surface area contributed by atoms with Gasteiger partial charge in [0.2, 0.25) is 5.91 Å². The van der Waals surface area contributed by atoms with Crippen LogP contribution in [-0.4, -0.2) is 28.3 Å². The van der Waals surface area contributed by atoms with E-state index in [9.17, 15) is 9.59 Å². The second kappa shape index (κ2) is 6.51. The molecule has 1 amide bonds. The molecule has 0 aliphatic heterocycles. The van der Waals surface area contributed by atoms with Gasteiger partial charge in [0.25, 0.3) is 0 Å². The van der Waals surface area contributed by atoms with E-state index in [1.165, 1.54) is 4.68 Å². The number of nitrogens with one attached hydrogen (secondary N) is 1. The lowest BCUT2D eigenvalue weighted by Gasteiger charge is -2.06. The zero-order valence-electron chi connectivity index (χ0n) is 11.1. The summed E-state index contributed by atoms with van der Waals surface area (Å²) in [5.41, 5.74) is 1.08. The monoisotopic (exact) mass is 273 g/mol. The van der Waals surface area contributed by atoms with Gasteiger partial charge in [0.1, 0.15) is 6.54 Å². The molecule has 0 bridgehead atoms. The smallest absolute Gasteiger partial charge is 0.338 e. The van der Waals surface area contributed by atoms with Crippen molar-refractivity contribution < 1.29 is 14.3 Å². The number of nitrogens with zero attached hydrogens (tertiary/aromatic N) is 2. The maximum atomic E-state index is 11.7. The molecule has 20 heavy (non-hydrogen) atoms. The maximum Gasteiger partial charge on any atom is 0.338 e. The Balaban J connectivity index is 1.93. The Morgan fingerprint density at radius 2 is 2.05 bits per heavy atom. The van der Waals surface area contributed by atoms with Crippen LogP contribution in [0.1, 0.15) is 17.3 Å². The molecule has 6 heteroatoms. The van der Waals surface area contributed by atoms with Gasteiger partial charge in [0.15, 0.2) is 0 Å². The van der Waals surface area contributed by atoms with Crippen molar-refractivity contribution in [2.45, 2.75) is 13.5 Å². The highest BCUT2D eigenvalue weighted by Gasteiger charge is 2.07. The second-order valence-electron chi connectivity index (χ2n) is 4.05. The minimum atomic E-state index is -0.373. The molecule has 0 saturated carbocycles. The van der Waals surface area contributed by atoms with Crippen molar-refractivity contribution in [3.63, 3.8) is 0 Å². The summed E-state index contributed by atoms with van der Waals surface area (Å²) >= 11 is 0. The number of amides is 1. The Hall–Kier alpha value is -2.63. The Kier molecular flexibility index (Phi) is 4.49. The largest absolute Gasteiger partial charge is 0.462 e. The summed E-state index contributed by atoms with van der Waals surface area (Å²) < 4.78 is 6.41. The molecule has 0 atom stereocenters. The van der Waals surface area contributed by atoms with Gasteiger partial charge in [0.05, 0.1) is 12.2 Å². The number of carbonyl (C=O) groups excluding carboxylic acids is 2. The number of hydrogen-bond donors (Lipinski definition) is 1. The first-order chi connectivity index (χ1) is 9.69. The average Bonchev–Trinajstić information content (AvgIpc) is 2.92. The van der Waals surface area contributed by atoms with Crippen LogP contribution >= 0.6 is 0 Å². The van der Waals surface area contributed by atoms with E-state index in [1.807, 2.05) is 0 Å². The molecule has 1 aromatic carbocycles. The first-order valence-corrected chi connectivity index (χ1v) is 6.23. The van der Waals surface area contributed by atoms with E-state index >= 15 is 0 Å². The molecule has 0 radical (unpaired) electrons. The lowest BCUT2D eigenvalue weighted by molar-refractivity contribution is -0.116. The van der Waals surface area contributed by atoms with E-state index in [2.05, 4.69) is 10.4 Å². The van der Waals surface area contributed by atoms with Crippen molar-refractivity contribution >= 4 is 17.6 Å². The lowest BCUT2D eigenvalue weighted by Crippen LogP contribution is -2.19. The third-order valence-electron chi connectivity index (χ3n) is 2.54. The van der Waals surface area contributed by atoms with Gasteiger partial charge in [-0.15, -0.1) is 0 Å². The van der Waals surface area contributed by atoms with E-state index in [0.29, 0.717) is 17.9 Å². The summed E-state index contributed by atoms with van der Waals surface area (Å²) in [6.07, 6.45) is 3.32. The van der Waals surface area contributed by atoms with E-state index in [-0.39, 0.29) is 18.4 Å². The molecular formula is C14H15N3O3. The summed E-state index contributed by atoms with van der Waals surface area (Å²) in [4.78, 5) is 23.2. The Bertz CT molecular complexity index is 576. The number of esters is 1. The fourth-order valence-electron chi connectivity index (χ4n) is 1.65. The van der Waals surface area contributed by atoms with E-state index in [0.717, 1.165) is 0 Å². The van der Waals surface area contributed by atoms with Gasteiger partial charge in [-0.2, -0.15) is 5.10 Å². The van der Waals surface area contributed by atoms with Crippen LogP contribution in [0.3, 0.4) is 0 Å². The highest BCUT2D eigenvalue weighted by molar-refractivity contribution is 5.92. The van der Waals surface area contributed by atoms with Crippen molar-refractivity contribution in [1.29, 1.82) is 0 Å². The highest BCUT2D eigenvalue weighted by atomic mass is 16.5. The van der Waals surface area contributed by atoms with E-state index in [1.54, 1.807) is 49.6 Å². The summed E-state index contributed by atoms with van der Waals surface area (Å²) in [5, 5.41) is 6.68. The van der Waals surface area contributed by atoms with Gasteiger partial charge in [-0.3, -0.25) is 9.48 Å². The predicted octanol–water partition coefficient (Wildman–Crippen LogP) is 1.70. The first-order valence-electron chi connectivity index (χ1n) is 6.23. The SMILES string of the molecule is CCOC(=O)c1ccc(NC(=O)Cn2cccn2)cc1. The van der Waals surface area contributed by atoms with Crippen LogP contribution in [0.15, 0.2) is 42.7 Å². The molecule has 1 N–H and O–H groups in total. The van der Waals surface area contributed by atoms with Gasteiger partial charge in [-0.25, -0.2) is 4.79 Å². The number of hydrogen-bond acceptors (Lipinski definition) is 4. The Labute approximate surface area is 116 Å². The van der Waals surface area contributed by atoms with Crippen LogP contribution in [0.2, 0.25) is 0 Å². The van der Waals surface area contributed by atoms with Gasteiger partial charge >= 0.3 is 5.97 Å².